The van der Waals surface area contributed by atoms with Crippen LogP contribution in [-0.4, -0.2) is 65.5 Å². The van der Waals surface area contributed by atoms with Crippen molar-refractivity contribution in [2.24, 2.45) is 5.92 Å². The van der Waals surface area contributed by atoms with Crippen molar-refractivity contribution in [2.75, 3.05) is 26.3 Å². The van der Waals surface area contributed by atoms with E-state index >= 15 is 0 Å². The third-order valence-corrected chi connectivity index (χ3v) is 6.49. The van der Waals surface area contributed by atoms with Gasteiger partial charge < -0.3 is 9.47 Å². The molecule has 0 amide bonds. The Bertz CT molecular complexity index is 812. The molecular weight excluding hydrogens is 346 g/mol. The first-order valence-electron chi connectivity index (χ1n) is 8.21. The highest BCUT2D eigenvalue weighted by Gasteiger charge is 2.34. The summed E-state index contributed by atoms with van der Waals surface area (Å²) >= 11 is 0. The van der Waals surface area contributed by atoms with Crippen LogP contribution in [0.15, 0.2) is 35.5 Å². The molecule has 0 bridgehead atoms. The fourth-order valence-electron chi connectivity index (χ4n) is 3.25. The van der Waals surface area contributed by atoms with E-state index in [0.717, 1.165) is 12.8 Å². The van der Waals surface area contributed by atoms with Gasteiger partial charge in [-0.05, 0) is 41.5 Å². The molecular formula is C15H19N5O4S. The van der Waals surface area contributed by atoms with Gasteiger partial charge in [0.25, 0.3) is 0 Å². The smallest absolute Gasteiger partial charge is 0.243 e. The van der Waals surface area contributed by atoms with Crippen LogP contribution in [0.2, 0.25) is 0 Å². The van der Waals surface area contributed by atoms with Gasteiger partial charge in [0, 0.05) is 19.0 Å². The average molecular weight is 365 g/mol. The highest BCUT2D eigenvalue weighted by Crippen LogP contribution is 2.29. The van der Waals surface area contributed by atoms with Crippen molar-refractivity contribution in [3.63, 3.8) is 0 Å². The predicted molar refractivity (Wildman–Crippen MR) is 86.3 cm³/mol. The summed E-state index contributed by atoms with van der Waals surface area (Å²) in [6.07, 6.45) is 2.71. The number of aromatic nitrogens is 4. The standard InChI is InChI=1S/C15H19N5O4S/c21-25(22,14-3-1-2-13(10-14)20-11-16-17-18-20)19-6-4-12(5-7-19)15-23-8-9-24-15/h1-3,10-12,15H,4-9H2. The topological polar surface area (TPSA) is 99.4 Å². The maximum Gasteiger partial charge on any atom is 0.243 e. The predicted octanol–water partition coefficient (Wildman–Crippen LogP) is 0.436. The SMILES string of the molecule is O=S(=O)(c1cccc(-n2cnnn2)c1)N1CCC(C2OCCO2)CC1. The van der Waals surface area contributed by atoms with Crippen molar-refractivity contribution in [1.29, 1.82) is 0 Å². The zero-order valence-electron chi connectivity index (χ0n) is 13.6. The lowest BCUT2D eigenvalue weighted by Gasteiger charge is -2.33. The molecule has 2 aliphatic heterocycles. The van der Waals surface area contributed by atoms with Crippen LogP contribution in [0.1, 0.15) is 12.8 Å². The molecule has 10 heteroatoms. The highest BCUT2D eigenvalue weighted by atomic mass is 32.2. The van der Waals surface area contributed by atoms with Crippen LogP contribution in [-0.2, 0) is 19.5 Å². The van der Waals surface area contributed by atoms with E-state index in [1.165, 1.54) is 15.3 Å². The zero-order valence-corrected chi connectivity index (χ0v) is 14.4. The Kier molecular flexibility index (Phi) is 4.50. The lowest BCUT2D eigenvalue weighted by molar-refractivity contribution is -0.0938. The summed E-state index contributed by atoms with van der Waals surface area (Å²) in [7, 11) is -3.55. The van der Waals surface area contributed by atoms with Gasteiger partial charge in [-0.3, -0.25) is 0 Å². The van der Waals surface area contributed by atoms with Gasteiger partial charge in [0.1, 0.15) is 6.33 Å². The van der Waals surface area contributed by atoms with Crippen LogP contribution >= 0.6 is 0 Å². The van der Waals surface area contributed by atoms with E-state index in [1.54, 1.807) is 24.3 Å². The monoisotopic (exact) mass is 365 g/mol. The molecule has 3 heterocycles. The van der Waals surface area contributed by atoms with Crippen molar-refractivity contribution in [3.05, 3.63) is 30.6 Å². The molecule has 0 unspecified atom stereocenters. The number of hydrogen-bond donors (Lipinski definition) is 0. The van der Waals surface area contributed by atoms with E-state index in [0.29, 0.717) is 32.0 Å². The molecule has 0 spiro atoms. The van der Waals surface area contributed by atoms with Crippen LogP contribution in [0.25, 0.3) is 5.69 Å². The van der Waals surface area contributed by atoms with Gasteiger partial charge in [-0.25, -0.2) is 13.1 Å². The van der Waals surface area contributed by atoms with Crippen LogP contribution in [0.3, 0.4) is 0 Å². The molecule has 134 valence electrons. The summed E-state index contributed by atoms with van der Waals surface area (Å²) in [5.74, 6) is 0.251. The summed E-state index contributed by atoms with van der Waals surface area (Å²) in [6.45, 7) is 2.16. The van der Waals surface area contributed by atoms with Crippen molar-refractivity contribution in [1.82, 2.24) is 24.5 Å². The zero-order chi connectivity index (χ0) is 17.3. The maximum atomic E-state index is 12.9. The molecule has 2 saturated heterocycles. The second-order valence-corrected chi connectivity index (χ2v) is 8.04. The lowest BCUT2D eigenvalue weighted by atomic mass is 9.98. The Morgan fingerprint density at radius 2 is 1.88 bits per heavy atom. The first-order chi connectivity index (χ1) is 12.1. The molecule has 0 aliphatic carbocycles. The molecule has 2 fully saturated rings. The Hall–Kier alpha value is -1.88. The number of tetrazole rings is 1. The molecule has 0 atom stereocenters. The van der Waals surface area contributed by atoms with Crippen molar-refractivity contribution >= 4 is 10.0 Å². The van der Waals surface area contributed by atoms with E-state index in [2.05, 4.69) is 15.5 Å². The van der Waals surface area contributed by atoms with E-state index in [-0.39, 0.29) is 17.1 Å². The number of piperidine rings is 1. The van der Waals surface area contributed by atoms with Gasteiger partial charge in [-0.2, -0.15) is 4.31 Å². The van der Waals surface area contributed by atoms with Gasteiger partial charge in [-0.1, -0.05) is 6.07 Å². The quantitative estimate of drug-likeness (QED) is 0.775. The number of rotatable bonds is 4. The number of hydrogen-bond acceptors (Lipinski definition) is 7. The molecule has 2 aromatic rings. The third kappa shape index (κ3) is 3.30. The Morgan fingerprint density at radius 3 is 2.56 bits per heavy atom. The molecule has 9 nitrogen and oxygen atoms in total. The molecule has 1 aromatic carbocycles. The largest absolute Gasteiger partial charge is 0.350 e. The third-order valence-electron chi connectivity index (χ3n) is 4.60. The molecule has 1 aromatic heterocycles. The summed E-state index contributed by atoms with van der Waals surface area (Å²) in [4.78, 5) is 0.243. The minimum atomic E-state index is -3.55. The summed E-state index contributed by atoms with van der Waals surface area (Å²) in [5.41, 5.74) is 0.605. The average Bonchev–Trinajstić information content (AvgIpc) is 3.36. The highest BCUT2D eigenvalue weighted by molar-refractivity contribution is 7.89. The van der Waals surface area contributed by atoms with E-state index in [4.69, 9.17) is 9.47 Å². The van der Waals surface area contributed by atoms with Gasteiger partial charge in [0.2, 0.25) is 10.0 Å². The molecule has 0 saturated carbocycles. The maximum absolute atomic E-state index is 12.9. The van der Waals surface area contributed by atoms with Gasteiger partial charge >= 0.3 is 0 Å². The first-order valence-corrected chi connectivity index (χ1v) is 9.65. The lowest BCUT2D eigenvalue weighted by Crippen LogP contribution is -2.41. The van der Waals surface area contributed by atoms with Gasteiger partial charge in [0.05, 0.1) is 23.8 Å². The summed E-state index contributed by atoms with van der Waals surface area (Å²) in [6, 6.07) is 6.63. The molecule has 25 heavy (non-hydrogen) atoms. The van der Waals surface area contributed by atoms with E-state index in [1.807, 2.05) is 0 Å². The summed E-state index contributed by atoms with van der Waals surface area (Å²) in [5, 5.41) is 10.9. The van der Waals surface area contributed by atoms with Crippen LogP contribution in [0.5, 0.6) is 0 Å². The summed E-state index contributed by atoms with van der Waals surface area (Å²) < 4.78 is 39.9. The molecule has 2 aliphatic rings. The Balaban J connectivity index is 1.49. The number of ether oxygens (including phenoxy) is 2. The Labute approximate surface area is 145 Å². The normalized spacial score (nSPS) is 21.0. The molecule has 4 rings (SSSR count). The second kappa shape index (κ2) is 6.79. The fourth-order valence-corrected chi connectivity index (χ4v) is 4.76. The minimum Gasteiger partial charge on any atom is -0.350 e. The van der Waals surface area contributed by atoms with Crippen molar-refractivity contribution in [2.45, 2.75) is 24.0 Å². The van der Waals surface area contributed by atoms with Gasteiger partial charge in [0.15, 0.2) is 6.29 Å². The van der Waals surface area contributed by atoms with Crippen LogP contribution in [0.4, 0.5) is 0 Å². The van der Waals surface area contributed by atoms with E-state index in [9.17, 15) is 8.42 Å². The number of sulfonamides is 1. The second-order valence-electron chi connectivity index (χ2n) is 6.10. The number of nitrogens with zero attached hydrogens (tertiary/aromatic N) is 5. The molecule has 0 radical (unpaired) electrons. The fraction of sp³-hybridized carbons (Fsp3) is 0.533. The minimum absolute atomic E-state index is 0.187. The van der Waals surface area contributed by atoms with Crippen LogP contribution in [0, 0.1) is 5.92 Å². The van der Waals surface area contributed by atoms with Gasteiger partial charge in [-0.15, -0.1) is 5.10 Å². The Morgan fingerprint density at radius 1 is 1.12 bits per heavy atom. The first kappa shape index (κ1) is 16.6. The van der Waals surface area contributed by atoms with E-state index < -0.39 is 10.0 Å². The molecule has 0 N–H and O–H groups in total. The van der Waals surface area contributed by atoms with Crippen LogP contribution < -0.4 is 0 Å². The van der Waals surface area contributed by atoms with Crippen molar-refractivity contribution < 1.29 is 17.9 Å². The van der Waals surface area contributed by atoms with Crippen molar-refractivity contribution in [3.8, 4) is 5.69 Å². The number of benzene rings is 1.